The van der Waals surface area contributed by atoms with E-state index in [-0.39, 0.29) is 0 Å². The third-order valence-electron chi connectivity index (χ3n) is 1.32. The lowest BCUT2D eigenvalue weighted by Crippen LogP contribution is -2.01. The minimum Gasteiger partial charge on any atom is -0.365 e. The topological polar surface area (TPSA) is 41.8 Å². The zero-order valence-corrected chi connectivity index (χ0v) is 5.65. The van der Waals surface area contributed by atoms with E-state index in [4.69, 9.17) is 5.73 Å². The first kappa shape index (κ1) is 6.36. The van der Waals surface area contributed by atoms with Crippen molar-refractivity contribution in [1.29, 1.82) is 0 Å². The normalized spacial score (nSPS) is 10.0. The van der Waals surface area contributed by atoms with Crippen molar-refractivity contribution in [1.82, 2.24) is 4.98 Å². The number of aryl methyl sites for hydroxylation is 1. The molecule has 1 aromatic rings. The van der Waals surface area contributed by atoms with E-state index in [0.717, 1.165) is 13.0 Å². The van der Waals surface area contributed by atoms with Crippen LogP contribution in [0, 0.1) is 6.92 Å². The van der Waals surface area contributed by atoms with Crippen LogP contribution in [0.15, 0.2) is 12.3 Å². The molecule has 0 bridgehead atoms. The zero-order valence-electron chi connectivity index (χ0n) is 5.65. The Labute approximate surface area is 55.1 Å². The van der Waals surface area contributed by atoms with E-state index in [2.05, 4.69) is 11.1 Å². The molecule has 0 amide bonds. The molecule has 0 aliphatic rings. The second-order valence-corrected chi connectivity index (χ2v) is 2.23. The van der Waals surface area contributed by atoms with E-state index in [1.807, 2.05) is 13.1 Å². The van der Waals surface area contributed by atoms with Crippen molar-refractivity contribution in [3.63, 3.8) is 0 Å². The summed E-state index contributed by atoms with van der Waals surface area (Å²) < 4.78 is 0. The summed E-state index contributed by atoms with van der Waals surface area (Å²) in [5, 5.41) is 0. The first-order valence-corrected chi connectivity index (χ1v) is 3.17. The number of aromatic nitrogens is 1. The summed E-state index contributed by atoms with van der Waals surface area (Å²) >= 11 is 0. The summed E-state index contributed by atoms with van der Waals surface area (Å²) in [5.74, 6) is 0. The van der Waals surface area contributed by atoms with E-state index in [1.54, 1.807) is 0 Å². The van der Waals surface area contributed by atoms with Gasteiger partial charge in [-0.15, -0.1) is 0 Å². The van der Waals surface area contributed by atoms with Crippen LogP contribution in [0.5, 0.6) is 0 Å². The van der Waals surface area contributed by atoms with Crippen LogP contribution in [0.2, 0.25) is 0 Å². The summed E-state index contributed by atoms with van der Waals surface area (Å²) in [7, 11) is 0. The van der Waals surface area contributed by atoms with Gasteiger partial charge < -0.3 is 10.7 Å². The smallest absolute Gasteiger partial charge is 0.0118 e. The van der Waals surface area contributed by atoms with Crippen LogP contribution < -0.4 is 5.73 Å². The number of hydrogen-bond donors (Lipinski definition) is 2. The Bertz CT molecular complexity index is 179. The van der Waals surface area contributed by atoms with Gasteiger partial charge in [0.25, 0.3) is 0 Å². The first-order chi connectivity index (χ1) is 4.33. The van der Waals surface area contributed by atoms with Gasteiger partial charge in [0, 0.05) is 11.9 Å². The summed E-state index contributed by atoms with van der Waals surface area (Å²) in [6.45, 7) is 2.78. The molecule has 1 aromatic heterocycles. The molecule has 0 spiro atoms. The lowest BCUT2D eigenvalue weighted by molar-refractivity contribution is 0.970. The standard InChI is InChI=1S/C7H12N2/c1-6-4-7(2-3-8)5-9-6/h4-5,9H,2-3,8H2,1H3. The molecule has 0 atom stereocenters. The predicted molar refractivity (Wildman–Crippen MR) is 38.3 cm³/mol. The predicted octanol–water partition coefficient (Wildman–Crippen LogP) is 0.824. The fraction of sp³-hybridized carbons (Fsp3) is 0.429. The fourth-order valence-corrected chi connectivity index (χ4v) is 0.879. The van der Waals surface area contributed by atoms with E-state index >= 15 is 0 Å². The SMILES string of the molecule is Cc1cc(CCN)c[nH]1. The minimum absolute atomic E-state index is 0.733. The highest BCUT2D eigenvalue weighted by Crippen LogP contribution is 2.00. The molecule has 3 N–H and O–H groups in total. The average Bonchev–Trinajstić information content (AvgIpc) is 2.17. The number of H-pyrrole nitrogens is 1. The van der Waals surface area contributed by atoms with Gasteiger partial charge in [-0.3, -0.25) is 0 Å². The summed E-state index contributed by atoms with van der Waals surface area (Å²) in [5.41, 5.74) is 7.86. The van der Waals surface area contributed by atoms with Gasteiger partial charge in [-0.1, -0.05) is 0 Å². The molecule has 2 heteroatoms. The van der Waals surface area contributed by atoms with Gasteiger partial charge >= 0.3 is 0 Å². The molecule has 0 saturated carbocycles. The van der Waals surface area contributed by atoms with E-state index in [0.29, 0.717) is 0 Å². The van der Waals surface area contributed by atoms with Crippen molar-refractivity contribution in [2.75, 3.05) is 6.54 Å². The van der Waals surface area contributed by atoms with Crippen molar-refractivity contribution >= 4 is 0 Å². The maximum absolute atomic E-state index is 5.36. The average molecular weight is 124 g/mol. The number of nitrogens with two attached hydrogens (primary N) is 1. The fourth-order valence-electron chi connectivity index (χ4n) is 0.879. The van der Waals surface area contributed by atoms with Crippen LogP contribution >= 0.6 is 0 Å². The molecule has 0 aliphatic heterocycles. The molecule has 0 unspecified atom stereocenters. The molecule has 2 nitrogen and oxygen atoms in total. The Morgan fingerprint density at radius 1 is 1.67 bits per heavy atom. The van der Waals surface area contributed by atoms with Crippen molar-refractivity contribution in [2.24, 2.45) is 5.73 Å². The van der Waals surface area contributed by atoms with Crippen LogP contribution in [0.1, 0.15) is 11.3 Å². The zero-order chi connectivity index (χ0) is 6.69. The number of rotatable bonds is 2. The van der Waals surface area contributed by atoms with E-state index in [9.17, 15) is 0 Å². The van der Waals surface area contributed by atoms with Crippen LogP contribution in [-0.4, -0.2) is 11.5 Å². The van der Waals surface area contributed by atoms with Crippen molar-refractivity contribution in [2.45, 2.75) is 13.3 Å². The van der Waals surface area contributed by atoms with Crippen LogP contribution in [0.3, 0.4) is 0 Å². The molecule has 1 rings (SSSR count). The quantitative estimate of drug-likeness (QED) is 0.602. The van der Waals surface area contributed by atoms with Gasteiger partial charge in [-0.2, -0.15) is 0 Å². The second-order valence-electron chi connectivity index (χ2n) is 2.23. The summed E-state index contributed by atoms with van der Waals surface area (Å²) in [6.07, 6.45) is 2.98. The first-order valence-electron chi connectivity index (χ1n) is 3.17. The van der Waals surface area contributed by atoms with Gasteiger partial charge in [-0.25, -0.2) is 0 Å². The lowest BCUT2D eigenvalue weighted by atomic mass is 10.2. The van der Waals surface area contributed by atoms with E-state index < -0.39 is 0 Å². The molecule has 50 valence electrons. The molecule has 0 fully saturated rings. The Hall–Kier alpha value is -0.760. The lowest BCUT2D eigenvalue weighted by Gasteiger charge is -1.87. The van der Waals surface area contributed by atoms with Gasteiger partial charge in [-0.05, 0) is 31.5 Å². The molecule has 0 radical (unpaired) electrons. The highest BCUT2D eigenvalue weighted by molar-refractivity contribution is 5.15. The summed E-state index contributed by atoms with van der Waals surface area (Å²) in [4.78, 5) is 3.10. The third kappa shape index (κ3) is 1.57. The van der Waals surface area contributed by atoms with Gasteiger partial charge in [0.05, 0.1) is 0 Å². The molecule has 0 aromatic carbocycles. The monoisotopic (exact) mass is 124 g/mol. The van der Waals surface area contributed by atoms with Crippen molar-refractivity contribution in [3.8, 4) is 0 Å². The molecular weight excluding hydrogens is 112 g/mol. The van der Waals surface area contributed by atoms with Gasteiger partial charge in [0.1, 0.15) is 0 Å². The van der Waals surface area contributed by atoms with Gasteiger partial charge in [0.15, 0.2) is 0 Å². The Morgan fingerprint density at radius 3 is 2.89 bits per heavy atom. The molecule has 0 aliphatic carbocycles. The molecule has 0 saturated heterocycles. The Kier molecular flexibility index (Phi) is 1.90. The van der Waals surface area contributed by atoms with Crippen LogP contribution in [0.25, 0.3) is 0 Å². The third-order valence-corrected chi connectivity index (χ3v) is 1.32. The highest BCUT2D eigenvalue weighted by atomic mass is 14.7. The number of nitrogens with one attached hydrogen (secondary N) is 1. The summed E-state index contributed by atoms with van der Waals surface area (Å²) in [6, 6.07) is 2.12. The number of aromatic amines is 1. The largest absolute Gasteiger partial charge is 0.365 e. The van der Waals surface area contributed by atoms with Gasteiger partial charge in [0.2, 0.25) is 0 Å². The Balaban J connectivity index is 2.61. The van der Waals surface area contributed by atoms with Crippen LogP contribution in [-0.2, 0) is 6.42 Å². The number of hydrogen-bond acceptors (Lipinski definition) is 1. The molecule has 9 heavy (non-hydrogen) atoms. The maximum Gasteiger partial charge on any atom is 0.0118 e. The van der Waals surface area contributed by atoms with E-state index in [1.165, 1.54) is 11.3 Å². The minimum atomic E-state index is 0.733. The second kappa shape index (κ2) is 2.69. The van der Waals surface area contributed by atoms with Crippen LogP contribution in [0.4, 0.5) is 0 Å². The molecular formula is C7H12N2. The maximum atomic E-state index is 5.36. The van der Waals surface area contributed by atoms with Crippen molar-refractivity contribution in [3.05, 3.63) is 23.5 Å². The molecule has 1 heterocycles. The Morgan fingerprint density at radius 2 is 2.44 bits per heavy atom. The van der Waals surface area contributed by atoms with Crippen molar-refractivity contribution < 1.29 is 0 Å². The highest BCUT2D eigenvalue weighted by Gasteiger charge is 1.91.